The van der Waals surface area contributed by atoms with E-state index in [1.54, 1.807) is 0 Å². The summed E-state index contributed by atoms with van der Waals surface area (Å²) in [5.41, 5.74) is 0. The zero-order chi connectivity index (χ0) is 12.3. The van der Waals surface area contributed by atoms with Crippen molar-refractivity contribution in [2.45, 2.75) is 12.5 Å². The van der Waals surface area contributed by atoms with Crippen molar-refractivity contribution in [3.05, 3.63) is 0 Å². The van der Waals surface area contributed by atoms with E-state index in [1.807, 2.05) is 11.9 Å². The Morgan fingerprint density at radius 3 is 2.65 bits per heavy atom. The highest BCUT2D eigenvalue weighted by molar-refractivity contribution is 5.83. The van der Waals surface area contributed by atoms with E-state index in [0.717, 1.165) is 52.2 Å². The van der Waals surface area contributed by atoms with Crippen LogP contribution in [0, 0.1) is 0 Å². The van der Waals surface area contributed by atoms with Crippen LogP contribution in [-0.2, 0) is 4.79 Å². The second kappa shape index (κ2) is 5.80. The van der Waals surface area contributed by atoms with Crippen LogP contribution < -0.4 is 5.32 Å². The lowest BCUT2D eigenvalue weighted by atomic mass is 10.2. The molecule has 2 fully saturated rings. The van der Waals surface area contributed by atoms with Crippen molar-refractivity contribution in [2.75, 3.05) is 59.9 Å². The summed E-state index contributed by atoms with van der Waals surface area (Å²) in [6.07, 6.45) is 0.980. The summed E-state index contributed by atoms with van der Waals surface area (Å²) < 4.78 is 0. The summed E-state index contributed by atoms with van der Waals surface area (Å²) in [5, 5.41) is 3.35. The van der Waals surface area contributed by atoms with Gasteiger partial charge in [-0.2, -0.15) is 0 Å². The molecule has 0 radical (unpaired) electrons. The lowest BCUT2D eigenvalue weighted by Gasteiger charge is -2.30. The van der Waals surface area contributed by atoms with Crippen LogP contribution in [-0.4, -0.2) is 86.6 Å². The first-order valence-corrected chi connectivity index (χ1v) is 6.57. The fourth-order valence-electron chi connectivity index (χ4n) is 2.60. The molecular weight excluding hydrogens is 216 g/mol. The fraction of sp³-hybridized carbons (Fsp3) is 0.917. The van der Waals surface area contributed by atoms with Gasteiger partial charge >= 0.3 is 0 Å². The van der Waals surface area contributed by atoms with Crippen molar-refractivity contribution >= 4 is 5.91 Å². The monoisotopic (exact) mass is 240 g/mol. The van der Waals surface area contributed by atoms with E-state index in [-0.39, 0.29) is 11.9 Å². The van der Waals surface area contributed by atoms with Crippen molar-refractivity contribution in [3.8, 4) is 0 Å². The molecule has 0 aromatic carbocycles. The van der Waals surface area contributed by atoms with Gasteiger partial charge in [0.25, 0.3) is 0 Å². The molecule has 0 aromatic rings. The molecule has 0 spiro atoms. The zero-order valence-electron chi connectivity index (χ0n) is 11.0. The average molecular weight is 240 g/mol. The highest BCUT2D eigenvalue weighted by atomic mass is 16.2. The third kappa shape index (κ3) is 3.18. The van der Waals surface area contributed by atoms with E-state index in [0.29, 0.717) is 0 Å². The number of hydrogen-bond acceptors (Lipinski definition) is 4. The molecule has 2 rings (SSSR count). The molecule has 2 heterocycles. The van der Waals surface area contributed by atoms with Crippen LogP contribution >= 0.6 is 0 Å². The highest BCUT2D eigenvalue weighted by Gasteiger charge is 2.31. The molecule has 2 saturated heterocycles. The molecule has 1 N–H and O–H groups in total. The van der Waals surface area contributed by atoms with E-state index >= 15 is 0 Å². The van der Waals surface area contributed by atoms with E-state index in [9.17, 15) is 4.79 Å². The summed E-state index contributed by atoms with van der Waals surface area (Å²) in [6.45, 7) is 7.42. The quantitative estimate of drug-likeness (QED) is 0.688. The summed E-state index contributed by atoms with van der Waals surface area (Å²) in [5.74, 6) is 0.285. The van der Waals surface area contributed by atoms with E-state index in [1.165, 1.54) is 0 Å². The van der Waals surface area contributed by atoms with Crippen LogP contribution in [0.25, 0.3) is 0 Å². The maximum absolute atomic E-state index is 11.9. The Morgan fingerprint density at radius 1 is 1.35 bits per heavy atom. The number of amides is 1. The minimum absolute atomic E-state index is 0.114. The minimum atomic E-state index is 0.114. The van der Waals surface area contributed by atoms with Gasteiger partial charge in [-0.1, -0.05) is 0 Å². The Hall–Kier alpha value is -0.650. The first-order valence-electron chi connectivity index (χ1n) is 6.57. The third-order valence-corrected chi connectivity index (χ3v) is 3.91. The van der Waals surface area contributed by atoms with Crippen molar-refractivity contribution in [1.29, 1.82) is 0 Å². The molecule has 5 nitrogen and oxygen atoms in total. The lowest BCUT2D eigenvalue weighted by molar-refractivity contribution is -0.130. The van der Waals surface area contributed by atoms with Crippen LogP contribution in [0.2, 0.25) is 0 Å². The third-order valence-electron chi connectivity index (χ3n) is 3.91. The number of hydrogen-bond donors (Lipinski definition) is 1. The van der Waals surface area contributed by atoms with Gasteiger partial charge in [-0.3, -0.25) is 14.6 Å². The van der Waals surface area contributed by atoms with E-state index in [4.69, 9.17) is 0 Å². The van der Waals surface area contributed by atoms with Crippen molar-refractivity contribution in [3.63, 3.8) is 0 Å². The van der Waals surface area contributed by atoms with Gasteiger partial charge in [-0.25, -0.2) is 0 Å². The second-order valence-electron chi connectivity index (χ2n) is 5.14. The van der Waals surface area contributed by atoms with Crippen LogP contribution in [0.15, 0.2) is 0 Å². The molecule has 0 aliphatic carbocycles. The Labute approximate surface area is 104 Å². The number of rotatable bonds is 4. The summed E-state index contributed by atoms with van der Waals surface area (Å²) in [4.78, 5) is 18.4. The van der Waals surface area contributed by atoms with Gasteiger partial charge in [0, 0.05) is 52.9 Å². The normalized spacial score (nSPS) is 27.1. The number of piperazine rings is 1. The highest BCUT2D eigenvalue weighted by Crippen LogP contribution is 2.14. The molecule has 1 unspecified atom stereocenters. The summed E-state index contributed by atoms with van der Waals surface area (Å²) in [6, 6.07) is 0.114. The van der Waals surface area contributed by atoms with Gasteiger partial charge in [0.1, 0.15) is 0 Å². The van der Waals surface area contributed by atoms with Gasteiger partial charge in [-0.15, -0.1) is 0 Å². The largest absolute Gasteiger partial charge is 0.344 e. The number of carbonyl (C=O) groups is 1. The molecule has 5 heteroatoms. The van der Waals surface area contributed by atoms with Gasteiger partial charge in [-0.05, 0) is 13.5 Å². The zero-order valence-corrected chi connectivity index (χ0v) is 11.0. The number of nitrogens with zero attached hydrogens (tertiary/aromatic N) is 3. The molecule has 17 heavy (non-hydrogen) atoms. The van der Waals surface area contributed by atoms with Crippen molar-refractivity contribution in [1.82, 2.24) is 20.0 Å². The molecule has 2 aliphatic heterocycles. The number of nitrogens with one attached hydrogen (secondary N) is 1. The van der Waals surface area contributed by atoms with Gasteiger partial charge in [0.15, 0.2) is 0 Å². The van der Waals surface area contributed by atoms with Crippen LogP contribution in [0.5, 0.6) is 0 Å². The Bertz CT molecular complexity index is 265. The van der Waals surface area contributed by atoms with Crippen molar-refractivity contribution in [2.24, 2.45) is 0 Å². The van der Waals surface area contributed by atoms with Crippen LogP contribution in [0.1, 0.15) is 6.42 Å². The van der Waals surface area contributed by atoms with Gasteiger partial charge < -0.3 is 10.2 Å². The first kappa shape index (κ1) is 12.8. The van der Waals surface area contributed by atoms with E-state index in [2.05, 4.69) is 22.2 Å². The topological polar surface area (TPSA) is 38.8 Å². The maximum atomic E-state index is 11.9. The molecular formula is C12H24N4O. The smallest absolute Gasteiger partial charge is 0.239 e. The molecule has 1 amide bonds. The Morgan fingerprint density at radius 2 is 2.06 bits per heavy atom. The number of likely N-dealkylation sites (N-methyl/N-ethyl adjacent to an activating group) is 2. The van der Waals surface area contributed by atoms with Crippen molar-refractivity contribution < 1.29 is 4.79 Å². The SMILES string of the molecule is CN1CCC(N(C)CCN2CCNCC2)C1=O. The fourth-order valence-corrected chi connectivity index (χ4v) is 2.60. The molecule has 98 valence electrons. The van der Waals surface area contributed by atoms with E-state index < -0.39 is 0 Å². The second-order valence-corrected chi connectivity index (χ2v) is 5.14. The number of likely N-dealkylation sites (tertiary alicyclic amines) is 1. The van der Waals surface area contributed by atoms with Gasteiger partial charge in [0.05, 0.1) is 6.04 Å². The molecule has 0 aromatic heterocycles. The number of carbonyl (C=O) groups excluding carboxylic acids is 1. The van der Waals surface area contributed by atoms with Crippen LogP contribution in [0.4, 0.5) is 0 Å². The average Bonchev–Trinajstić information content (AvgIpc) is 2.69. The Kier molecular flexibility index (Phi) is 4.36. The predicted octanol–water partition coefficient (Wildman–Crippen LogP) is -0.946. The summed E-state index contributed by atoms with van der Waals surface area (Å²) in [7, 11) is 3.97. The van der Waals surface area contributed by atoms with Gasteiger partial charge in [0.2, 0.25) is 5.91 Å². The van der Waals surface area contributed by atoms with Crippen LogP contribution in [0.3, 0.4) is 0 Å². The minimum Gasteiger partial charge on any atom is -0.344 e. The molecule has 0 bridgehead atoms. The Balaban J connectivity index is 1.73. The molecule has 0 saturated carbocycles. The maximum Gasteiger partial charge on any atom is 0.239 e. The predicted molar refractivity (Wildman–Crippen MR) is 68.0 cm³/mol. The molecule has 2 aliphatic rings. The lowest BCUT2D eigenvalue weighted by Crippen LogP contribution is -2.48. The standard InChI is InChI=1S/C12H24N4O/c1-14(11-3-6-15(2)12(11)17)9-10-16-7-4-13-5-8-16/h11,13H,3-10H2,1-2H3. The summed E-state index contributed by atoms with van der Waals surface area (Å²) >= 11 is 0. The first-order chi connectivity index (χ1) is 8.18. The molecule has 1 atom stereocenters.